The van der Waals surface area contributed by atoms with Crippen LogP contribution in [0, 0.1) is 0 Å². The molecule has 7 heteroatoms. The second kappa shape index (κ2) is 9.04. The molecule has 1 saturated heterocycles. The number of nitrogens with one attached hydrogen (secondary N) is 1. The Morgan fingerprint density at radius 3 is 2.19 bits per heavy atom. The molecule has 0 aromatic heterocycles. The number of anilines is 1. The van der Waals surface area contributed by atoms with Crippen LogP contribution in [0.4, 0.5) is 10.5 Å². The Balaban J connectivity index is 1.59. The van der Waals surface area contributed by atoms with Crippen molar-refractivity contribution in [3.8, 4) is 0 Å². The largest absolute Gasteiger partial charge is 0.450 e. The summed E-state index contributed by atoms with van der Waals surface area (Å²) in [5.74, 6) is -0.633. The van der Waals surface area contributed by atoms with E-state index in [-0.39, 0.29) is 29.6 Å². The van der Waals surface area contributed by atoms with Gasteiger partial charge in [0.2, 0.25) is 0 Å². The topological polar surface area (TPSA) is 79.0 Å². The molecule has 160 valence electrons. The Morgan fingerprint density at radius 2 is 1.58 bits per heavy atom. The maximum atomic E-state index is 13.4. The highest BCUT2D eigenvalue weighted by molar-refractivity contribution is 6.36. The van der Waals surface area contributed by atoms with Crippen LogP contribution in [0.3, 0.4) is 0 Å². The lowest BCUT2D eigenvalue weighted by Crippen LogP contribution is -2.49. The van der Waals surface area contributed by atoms with E-state index in [9.17, 15) is 14.4 Å². The fourth-order valence-corrected chi connectivity index (χ4v) is 4.05. The number of hydrogen-bond donors (Lipinski definition) is 1. The second-order valence-electron chi connectivity index (χ2n) is 7.50. The molecule has 0 radical (unpaired) electrons. The van der Waals surface area contributed by atoms with Crippen molar-refractivity contribution in [1.82, 2.24) is 9.80 Å². The van der Waals surface area contributed by atoms with Crippen LogP contribution < -0.4 is 5.32 Å². The molecule has 4 rings (SSSR count). The van der Waals surface area contributed by atoms with Gasteiger partial charge in [0.15, 0.2) is 0 Å². The van der Waals surface area contributed by atoms with Gasteiger partial charge in [-0.2, -0.15) is 0 Å². The molecular formula is C24H25N3O4. The van der Waals surface area contributed by atoms with Gasteiger partial charge in [0.1, 0.15) is 5.70 Å². The van der Waals surface area contributed by atoms with Crippen LogP contribution in [0.5, 0.6) is 0 Å². The molecule has 0 bridgehead atoms. The minimum atomic E-state index is -0.352. The van der Waals surface area contributed by atoms with Gasteiger partial charge in [0.25, 0.3) is 11.8 Å². The number of likely N-dealkylation sites (tertiary alicyclic amines) is 1. The Bertz CT molecular complexity index is 996. The highest BCUT2D eigenvalue weighted by atomic mass is 16.6. The first-order chi connectivity index (χ1) is 15.1. The molecule has 0 atom stereocenters. The molecule has 2 aromatic carbocycles. The van der Waals surface area contributed by atoms with E-state index < -0.39 is 0 Å². The van der Waals surface area contributed by atoms with Crippen molar-refractivity contribution in [2.45, 2.75) is 25.8 Å². The quantitative estimate of drug-likeness (QED) is 0.751. The third kappa shape index (κ3) is 4.17. The number of rotatable bonds is 5. The third-order valence-corrected chi connectivity index (χ3v) is 5.58. The van der Waals surface area contributed by atoms with Crippen molar-refractivity contribution in [3.63, 3.8) is 0 Å². The minimum Gasteiger partial charge on any atom is -0.450 e. The Labute approximate surface area is 181 Å². The molecular weight excluding hydrogens is 394 g/mol. The highest BCUT2D eigenvalue weighted by Crippen LogP contribution is 2.33. The summed E-state index contributed by atoms with van der Waals surface area (Å²) >= 11 is 0. The number of para-hydroxylation sites is 1. The standard InChI is InChI=1S/C24H25N3O4/c1-2-31-24(30)26-15-13-19(14-16-26)27-22(28)20(17-9-5-3-6-10-17)21(23(27)29)25-18-11-7-4-8-12-18/h3-12,19,25H,2,13-16H2,1H3. The van der Waals surface area contributed by atoms with Gasteiger partial charge in [-0.1, -0.05) is 48.5 Å². The van der Waals surface area contributed by atoms with E-state index in [0.29, 0.717) is 43.7 Å². The van der Waals surface area contributed by atoms with Gasteiger partial charge in [-0.15, -0.1) is 0 Å². The van der Waals surface area contributed by atoms with Gasteiger partial charge < -0.3 is 15.0 Å². The fraction of sp³-hybridized carbons (Fsp3) is 0.292. The summed E-state index contributed by atoms with van der Waals surface area (Å²) in [4.78, 5) is 41.8. The zero-order valence-corrected chi connectivity index (χ0v) is 17.4. The molecule has 2 aliphatic rings. The van der Waals surface area contributed by atoms with Crippen LogP contribution in [0.2, 0.25) is 0 Å². The molecule has 7 nitrogen and oxygen atoms in total. The van der Waals surface area contributed by atoms with E-state index in [4.69, 9.17) is 4.74 Å². The number of piperidine rings is 1. The first-order valence-corrected chi connectivity index (χ1v) is 10.5. The number of hydrogen-bond acceptors (Lipinski definition) is 5. The van der Waals surface area contributed by atoms with Crippen LogP contribution in [0.15, 0.2) is 66.4 Å². The van der Waals surface area contributed by atoms with Gasteiger partial charge in [-0.25, -0.2) is 4.79 Å². The normalized spacial score (nSPS) is 17.3. The summed E-state index contributed by atoms with van der Waals surface area (Å²) in [6.07, 6.45) is 0.697. The van der Waals surface area contributed by atoms with Crippen molar-refractivity contribution in [1.29, 1.82) is 0 Å². The summed E-state index contributed by atoms with van der Waals surface area (Å²) in [5, 5.41) is 3.17. The van der Waals surface area contributed by atoms with E-state index in [2.05, 4.69) is 5.32 Å². The number of imide groups is 1. The predicted molar refractivity (Wildman–Crippen MR) is 117 cm³/mol. The second-order valence-corrected chi connectivity index (χ2v) is 7.50. The fourth-order valence-electron chi connectivity index (χ4n) is 4.05. The number of carbonyl (C=O) groups excluding carboxylic acids is 3. The highest BCUT2D eigenvalue weighted by Gasteiger charge is 2.44. The maximum Gasteiger partial charge on any atom is 0.409 e. The summed E-state index contributed by atoms with van der Waals surface area (Å²) in [6.45, 7) is 2.98. The number of nitrogens with zero attached hydrogens (tertiary/aromatic N) is 2. The molecule has 31 heavy (non-hydrogen) atoms. The maximum absolute atomic E-state index is 13.4. The number of benzene rings is 2. The average molecular weight is 419 g/mol. The molecule has 0 unspecified atom stereocenters. The smallest absolute Gasteiger partial charge is 0.409 e. The Morgan fingerprint density at radius 1 is 0.968 bits per heavy atom. The predicted octanol–water partition coefficient (Wildman–Crippen LogP) is 3.50. The first-order valence-electron chi connectivity index (χ1n) is 10.5. The molecule has 3 amide bonds. The van der Waals surface area contributed by atoms with Crippen molar-refractivity contribution in [2.24, 2.45) is 0 Å². The van der Waals surface area contributed by atoms with Gasteiger partial charge >= 0.3 is 6.09 Å². The number of ether oxygens (including phenoxy) is 1. The van der Waals surface area contributed by atoms with Crippen LogP contribution >= 0.6 is 0 Å². The number of amides is 3. The summed E-state index contributed by atoms with van der Waals surface area (Å²) in [6, 6.07) is 18.3. The zero-order chi connectivity index (χ0) is 21.8. The van der Waals surface area contributed by atoms with Crippen molar-refractivity contribution >= 4 is 29.2 Å². The van der Waals surface area contributed by atoms with Crippen LogP contribution in [-0.4, -0.2) is 53.4 Å². The molecule has 0 aliphatic carbocycles. The van der Waals surface area contributed by atoms with Crippen LogP contribution in [-0.2, 0) is 14.3 Å². The third-order valence-electron chi connectivity index (χ3n) is 5.58. The first kappa shape index (κ1) is 20.7. The van der Waals surface area contributed by atoms with E-state index in [1.54, 1.807) is 11.8 Å². The number of carbonyl (C=O) groups is 3. The van der Waals surface area contributed by atoms with Gasteiger partial charge in [0.05, 0.1) is 12.2 Å². The van der Waals surface area contributed by atoms with Crippen molar-refractivity contribution < 1.29 is 19.1 Å². The van der Waals surface area contributed by atoms with Crippen molar-refractivity contribution in [3.05, 3.63) is 71.9 Å². The van der Waals surface area contributed by atoms with Crippen LogP contribution in [0.25, 0.3) is 5.57 Å². The molecule has 2 heterocycles. The monoisotopic (exact) mass is 419 g/mol. The van der Waals surface area contributed by atoms with Gasteiger partial charge in [-0.3, -0.25) is 14.5 Å². The zero-order valence-electron chi connectivity index (χ0n) is 17.4. The van der Waals surface area contributed by atoms with Gasteiger partial charge in [-0.05, 0) is 37.5 Å². The molecule has 1 N–H and O–H groups in total. The lowest BCUT2D eigenvalue weighted by Gasteiger charge is -2.35. The molecule has 0 saturated carbocycles. The lowest BCUT2D eigenvalue weighted by atomic mass is 10.0. The van der Waals surface area contributed by atoms with E-state index >= 15 is 0 Å². The van der Waals surface area contributed by atoms with Crippen molar-refractivity contribution in [2.75, 3.05) is 25.0 Å². The van der Waals surface area contributed by atoms with E-state index in [1.165, 1.54) is 4.90 Å². The molecule has 1 fully saturated rings. The minimum absolute atomic E-state index is 0.264. The van der Waals surface area contributed by atoms with E-state index in [1.807, 2.05) is 60.7 Å². The SMILES string of the molecule is CCOC(=O)N1CCC(N2C(=O)C(Nc3ccccc3)=C(c3ccccc3)C2=O)CC1. The lowest BCUT2D eigenvalue weighted by molar-refractivity contribution is -0.140. The molecule has 2 aliphatic heterocycles. The van der Waals surface area contributed by atoms with Gasteiger partial charge in [0, 0.05) is 24.8 Å². The van der Waals surface area contributed by atoms with E-state index in [0.717, 1.165) is 5.69 Å². The summed E-state index contributed by atoms with van der Waals surface area (Å²) in [7, 11) is 0. The summed E-state index contributed by atoms with van der Waals surface area (Å²) < 4.78 is 5.06. The average Bonchev–Trinajstić information content (AvgIpc) is 3.04. The molecule has 2 aromatic rings. The van der Waals surface area contributed by atoms with Crippen LogP contribution in [0.1, 0.15) is 25.3 Å². The Kier molecular flexibility index (Phi) is 6.02. The Hall–Kier alpha value is -3.61. The molecule has 0 spiro atoms. The summed E-state index contributed by atoms with van der Waals surface area (Å²) in [5.41, 5.74) is 2.11.